The number of nitrogens with one attached hydrogen (secondary N) is 1. The lowest BCUT2D eigenvalue weighted by Gasteiger charge is -2.56. The lowest BCUT2D eigenvalue weighted by atomic mass is 9.49. The molecule has 7 rings (SSSR count). The van der Waals surface area contributed by atoms with Gasteiger partial charge < -0.3 is 10.1 Å². The van der Waals surface area contributed by atoms with Gasteiger partial charge in [0.05, 0.1) is 18.9 Å². The Morgan fingerprint density at radius 1 is 1.16 bits per heavy atom. The van der Waals surface area contributed by atoms with Crippen LogP contribution in [0.15, 0.2) is 18.3 Å². The minimum Gasteiger partial charge on any atom is -0.465 e. The van der Waals surface area contributed by atoms with Crippen LogP contribution in [-0.4, -0.2) is 29.4 Å². The Kier molecular flexibility index (Phi) is 4.45. The highest BCUT2D eigenvalue weighted by molar-refractivity contribution is 6.01. The average Bonchev–Trinajstić information content (AvgIpc) is 3.10. The largest absolute Gasteiger partial charge is 0.465 e. The van der Waals surface area contributed by atoms with Gasteiger partial charge in [-0.1, -0.05) is 6.07 Å². The third-order valence-electron chi connectivity index (χ3n) is 8.67. The average molecular weight is 420 g/mol. The van der Waals surface area contributed by atoms with Gasteiger partial charge in [0.1, 0.15) is 0 Å². The van der Waals surface area contributed by atoms with Crippen LogP contribution in [0, 0.1) is 30.1 Å². The summed E-state index contributed by atoms with van der Waals surface area (Å²) in [6.07, 6.45) is 12.4. The summed E-state index contributed by atoms with van der Waals surface area (Å²) in [7, 11) is 1.48. The predicted molar refractivity (Wildman–Crippen MR) is 121 cm³/mol. The number of carbonyl (C=O) groups excluding carboxylic acids is 1. The number of hydrogen-bond donors (Lipinski definition) is 1. The Bertz CT molecular complexity index is 1000. The Balaban J connectivity index is 1.37. The summed E-state index contributed by atoms with van der Waals surface area (Å²) in [6.45, 7) is 4.15. The molecule has 1 aromatic carbocycles. The highest BCUT2D eigenvalue weighted by Gasteiger charge is 2.51. The zero-order chi connectivity index (χ0) is 21.2. The van der Waals surface area contributed by atoms with Crippen molar-refractivity contribution in [3.05, 3.63) is 35.2 Å². The quantitative estimate of drug-likeness (QED) is 0.691. The fraction of sp³-hybridized carbons (Fsp3) is 0.615. The van der Waals surface area contributed by atoms with Gasteiger partial charge in [-0.2, -0.15) is 5.10 Å². The zero-order valence-corrected chi connectivity index (χ0v) is 18.7. The number of benzene rings is 1. The molecule has 0 atom stereocenters. The summed E-state index contributed by atoms with van der Waals surface area (Å²) in [5, 5.41) is 8.29. The number of hydrogen-bond acceptors (Lipinski definition) is 4. The molecule has 1 N–H and O–H groups in total. The van der Waals surface area contributed by atoms with E-state index in [0.29, 0.717) is 11.0 Å². The molecule has 0 spiro atoms. The van der Waals surface area contributed by atoms with Crippen LogP contribution in [0.4, 0.5) is 5.69 Å². The minimum atomic E-state index is -0.246. The maximum absolute atomic E-state index is 12.8. The first-order valence-electron chi connectivity index (χ1n) is 12.1. The van der Waals surface area contributed by atoms with E-state index >= 15 is 0 Å². The van der Waals surface area contributed by atoms with Gasteiger partial charge >= 0.3 is 5.97 Å². The first-order valence-corrected chi connectivity index (χ1v) is 12.1. The smallest absolute Gasteiger partial charge is 0.338 e. The van der Waals surface area contributed by atoms with Crippen molar-refractivity contribution in [3.63, 3.8) is 0 Å². The van der Waals surface area contributed by atoms with Crippen LogP contribution in [0.3, 0.4) is 0 Å². The molecule has 4 fully saturated rings. The molecule has 0 radical (unpaired) electrons. The third-order valence-corrected chi connectivity index (χ3v) is 8.67. The van der Waals surface area contributed by atoms with Crippen molar-refractivity contribution < 1.29 is 9.53 Å². The summed E-state index contributed by atoms with van der Waals surface area (Å²) in [6, 6.07) is 4.19. The summed E-state index contributed by atoms with van der Waals surface area (Å²) in [5.41, 5.74) is 6.50. The molecule has 4 saturated carbocycles. The summed E-state index contributed by atoms with van der Waals surface area (Å²) in [4.78, 5) is 12.8. The van der Waals surface area contributed by atoms with Crippen molar-refractivity contribution in [3.8, 4) is 11.1 Å². The Morgan fingerprint density at radius 2 is 1.87 bits per heavy atom. The number of ether oxygens (including phenoxy) is 1. The SMILES string of the molecule is COC(=O)c1c(-c2cnn(CC34CC5CC(CC(C5)C3)C4)c2C)ccc2c1CCCN2. The maximum Gasteiger partial charge on any atom is 0.338 e. The zero-order valence-electron chi connectivity index (χ0n) is 18.7. The second-order valence-corrected chi connectivity index (χ2v) is 10.8. The van der Waals surface area contributed by atoms with Gasteiger partial charge in [-0.05, 0) is 93.1 Å². The normalized spacial score (nSPS) is 30.7. The van der Waals surface area contributed by atoms with E-state index in [1.165, 1.54) is 51.3 Å². The van der Waals surface area contributed by atoms with E-state index in [4.69, 9.17) is 9.84 Å². The van der Waals surface area contributed by atoms with Crippen LogP contribution in [-0.2, 0) is 17.7 Å². The molecular weight excluding hydrogens is 386 g/mol. The van der Waals surface area contributed by atoms with Crippen molar-refractivity contribution in [2.24, 2.45) is 23.2 Å². The number of aromatic nitrogens is 2. The van der Waals surface area contributed by atoms with E-state index in [1.807, 2.05) is 6.20 Å². The topological polar surface area (TPSA) is 56.1 Å². The van der Waals surface area contributed by atoms with Crippen molar-refractivity contribution in [2.75, 3.05) is 19.0 Å². The number of esters is 1. The van der Waals surface area contributed by atoms with E-state index < -0.39 is 0 Å². The molecular formula is C26H33N3O2. The van der Waals surface area contributed by atoms with Crippen LogP contribution in [0.2, 0.25) is 0 Å². The van der Waals surface area contributed by atoms with E-state index in [-0.39, 0.29) is 5.97 Å². The minimum absolute atomic E-state index is 0.246. The van der Waals surface area contributed by atoms with Crippen LogP contribution < -0.4 is 5.32 Å². The van der Waals surface area contributed by atoms with Gasteiger partial charge in [-0.25, -0.2) is 4.79 Å². The fourth-order valence-corrected chi connectivity index (χ4v) is 7.79. The van der Waals surface area contributed by atoms with Gasteiger partial charge in [0, 0.05) is 35.6 Å². The molecule has 31 heavy (non-hydrogen) atoms. The molecule has 4 aliphatic carbocycles. The molecule has 0 unspecified atom stereocenters. The molecule has 5 nitrogen and oxygen atoms in total. The number of nitrogens with zero attached hydrogens (tertiary/aromatic N) is 2. The van der Waals surface area contributed by atoms with Crippen LogP contribution in [0.5, 0.6) is 0 Å². The predicted octanol–water partition coefficient (Wildman–Crippen LogP) is 5.22. The second kappa shape index (κ2) is 7.11. The number of methoxy groups -OCH3 is 1. The standard InChI is InChI=1S/C26H33N3O2/c1-16-22(20-5-6-23-21(4-3-7-27-23)24(20)25(30)31-2)14-28-29(16)15-26-11-17-8-18(12-26)10-19(9-17)13-26/h5-6,14,17-19,27H,3-4,7-13,15H2,1-2H3. The lowest BCUT2D eigenvalue weighted by Crippen LogP contribution is -2.48. The molecule has 1 aliphatic heterocycles. The van der Waals surface area contributed by atoms with E-state index in [2.05, 4.69) is 29.1 Å². The van der Waals surface area contributed by atoms with Crippen LogP contribution >= 0.6 is 0 Å². The fourth-order valence-electron chi connectivity index (χ4n) is 7.79. The summed E-state index contributed by atoms with van der Waals surface area (Å²) < 4.78 is 7.45. The highest BCUT2D eigenvalue weighted by Crippen LogP contribution is 2.60. The first kappa shape index (κ1) is 19.4. The van der Waals surface area contributed by atoms with E-state index in [1.54, 1.807) is 0 Å². The van der Waals surface area contributed by atoms with Gasteiger partial charge in [-0.3, -0.25) is 4.68 Å². The molecule has 5 aliphatic rings. The van der Waals surface area contributed by atoms with Crippen molar-refractivity contribution in [1.82, 2.24) is 9.78 Å². The number of rotatable bonds is 4. The van der Waals surface area contributed by atoms with Crippen LogP contribution in [0.1, 0.15) is 66.6 Å². The number of fused-ring (bicyclic) bond motifs is 1. The maximum atomic E-state index is 12.8. The van der Waals surface area contributed by atoms with Gasteiger partial charge in [0.25, 0.3) is 0 Å². The van der Waals surface area contributed by atoms with Crippen molar-refractivity contribution in [2.45, 2.75) is 64.8 Å². The molecule has 2 heterocycles. The molecule has 0 saturated heterocycles. The van der Waals surface area contributed by atoms with Gasteiger partial charge in [0.15, 0.2) is 0 Å². The Hall–Kier alpha value is -2.30. The van der Waals surface area contributed by atoms with E-state index in [0.717, 1.165) is 66.1 Å². The van der Waals surface area contributed by atoms with Gasteiger partial charge in [0.2, 0.25) is 0 Å². The van der Waals surface area contributed by atoms with Gasteiger partial charge in [-0.15, -0.1) is 0 Å². The highest BCUT2D eigenvalue weighted by atomic mass is 16.5. The Morgan fingerprint density at radius 3 is 2.55 bits per heavy atom. The van der Waals surface area contributed by atoms with Crippen molar-refractivity contribution in [1.29, 1.82) is 0 Å². The summed E-state index contributed by atoms with van der Waals surface area (Å²) in [5.74, 6) is 2.59. The molecule has 0 amide bonds. The monoisotopic (exact) mass is 419 g/mol. The second-order valence-electron chi connectivity index (χ2n) is 10.8. The summed E-state index contributed by atoms with van der Waals surface area (Å²) >= 11 is 0. The molecule has 1 aromatic heterocycles. The molecule has 4 bridgehead atoms. The lowest BCUT2D eigenvalue weighted by molar-refractivity contribution is -0.0638. The molecule has 2 aromatic rings. The first-order chi connectivity index (χ1) is 15.0. The number of carbonyl (C=O) groups is 1. The van der Waals surface area contributed by atoms with E-state index in [9.17, 15) is 4.79 Å². The van der Waals surface area contributed by atoms with Crippen LogP contribution in [0.25, 0.3) is 11.1 Å². The number of anilines is 1. The molecule has 164 valence electrons. The third kappa shape index (κ3) is 3.11. The molecule has 5 heteroatoms. The van der Waals surface area contributed by atoms with Crippen molar-refractivity contribution >= 4 is 11.7 Å². The Labute approximate surface area is 184 Å².